The molecule has 2 atom stereocenters. The molecule has 0 aromatic heterocycles. The first-order valence-electron chi connectivity index (χ1n) is 12.3. The topological polar surface area (TPSA) is 53.0 Å². The van der Waals surface area contributed by atoms with Crippen molar-refractivity contribution in [2.75, 3.05) is 13.1 Å². The molecular weight excluding hydrogens is 515 g/mol. The number of aryl methyl sites for hydroxylation is 1. The van der Waals surface area contributed by atoms with Gasteiger partial charge >= 0.3 is 12.2 Å². The average Bonchev–Trinajstić information content (AvgIpc) is 3.28. The second-order valence-electron chi connectivity index (χ2n) is 9.55. The molecule has 38 heavy (non-hydrogen) atoms. The normalized spacial score (nSPS) is 20.0. The van der Waals surface area contributed by atoms with E-state index in [0.29, 0.717) is 41.4 Å². The Labute approximate surface area is 223 Å². The third-order valence-corrected chi connectivity index (χ3v) is 7.19. The van der Waals surface area contributed by atoms with E-state index in [0.717, 1.165) is 23.3 Å². The van der Waals surface area contributed by atoms with Crippen LogP contribution in [0, 0.1) is 6.92 Å². The minimum absolute atomic E-state index is 0.00357. The molecule has 0 spiro atoms. The number of aliphatic imine (C=N–C) groups is 1. The number of rotatable bonds is 3. The number of halogens is 4. The Morgan fingerprint density at radius 1 is 1.00 bits per heavy atom. The zero-order valence-corrected chi connectivity index (χ0v) is 21.3. The Hall–Kier alpha value is -3.65. The first kappa shape index (κ1) is 26.0. The summed E-state index contributed by atoms with van der Waals surface area (Å²) in [4.78, 5) is 34.4. The number of benzene rings is 3. The van der Waals surface area contributed by atoms with Crippen molar-refractivity contribution in [3.63, 3.8) is 0 Å². The van der Waals surface area contributed by atoms with Gasteiger partial charge in [-0.25, -0.2) is 4.79 Å². The summed E-state index contributed by atoms with van der Waals surface area (Å²) in [5, 5.41) is 0.457. The molecule has 0 radical (unpaired) electrons. The molecule has 2 aliphatic heterocycles. The highest BCUT2D eigenvalue weighted by molar-refractivity contribution is 6.30. The number of likely N-dealkylation sites (tertiary alicyclic amines) is 1. The van der Waals surface area contributed by atoms with Gasteiger partial charge in [0.1, 0.15) is 11.9 Å². The molecule has 1 saturated heterocycles. The highest BCUT2D eigenvalue weighted by Gasteiger charge is 2.45. The summed E-state index contributed by atoms with van der Waals surface area (Å²) < 4.78 is 39.9. The van der Waals surface area contributed by atoms with Crippen LogP contribution in [0.5, 0.6) is 0 Å². The van der Waals surface area contributed by atoms with Crippen LogP contribution in [-0.2, 0) is 11.0 Å². The molecular formula is C29H25ClF3N3O2. The number of alkyl halides is 3. The van der Waals surface area contributed by atoms with Crippen LogP contribution in [0.2, 0.25) is 5.02 Å². The number of carbonyl (C=O) groups excluding carboxylic acids is 2. The lowest BCUT2D eigenvalue weighted by atomic mass is 9.93. The maximum Gasteiger partial charge on any atom is 0.416 e. The Morgan fingerprint density at radius 3 is 2.39 bits per heavy atom. The van der Waals surface area contributed by atoms with Crippen molar-refractivity contribution in [2.24, 2.45) is 4.99 Å². The fourth-order valence-corrected chi connectivity index (χ4v) is 5.27. The van der Waals surface area contributed by atoms with E-state index in [2.05, 4.69) is 0 Å². The number of carbonyl (C=O) groups is 2. The molecule has 2 aliphatic rings. The molecule has 5 rings (SSSR count). The van der Waals surface area contributed by atoms with E-state index in [4.69, 9.17) is 16.6 Å². The van der Waals surface area contributed by atoms with E-state index in [1.54, 1.807) is 23.1 Å². The zero-order valence-electron chi connectivity index (χ0n) is 20.6. The van der Waals surface area contributed by atoms with Gasteiger partial charge in [-0.1, -0.05) is 60.1 Å². The number of hydrogen-bond donors (Lipinski definition) is 0. The lowest BCUT2D eigenvalue weighted by Gasteiger charge is -2.35. The van der Waals surface area contributed by atoms with Gasteiger partial charge in [0, 0.05) is 23.6 Å². The standard InChI is InChI=1S/C29H25ClF3N3O2/c1-18-6-2-3-10-24(18)27-34-25(19-11-13-21(14-12-19)29(31,32)33)26(20-7-4-8-22(30)16-20)36(27)28(38)35-15-5-9-23(37)17-35/h2-4,6-8,10-14,16,25-26H,5,9,15,17H2,1H3. The first-order valence-corrected chi connectivity index (χ1v) is 12.7. The summed E-state index contributed by atoms with van der Waals surface area (Å²) in [6.45, 7) is 2.34. The van der Waals surface area contributed by atoms with Gasteiger partial charge in [0.2, 0.25) is 0 Å². The maximum absolute atomic E-state index is 14.1. The quantitative estimate of drug-likeness (QED) is 0.360. The van der Waals surface area contributed by atoms with Crippen LogP contribution in [0.4, 0.5) is 18.0 Å². The van der Waals surface area contributed by atoms with Crippen molar-refractivity contribution in [1.29, 1.82) is 0 Å². The molecule has 0 aliphatic carbocycles. The summed E-state index contributed by atoms with van der Waals surface area (Å²) in [5.41, 5.74) is 2.06. The number of piperidine rings is 1. The number of nitrogens with zero attached hydrogens (tertiary/aromatic N) is 3. The fraction of sp³-hybridized carbons (Fsp3) is 0.276. The number of amidine groups is 1. The molecule has 0 saturated carbocycles. The molecule has 2 unspecified atom stereocenters. The van der Waals surface area contributed by atoms with E-state index >= 15 is 0 Å². The molecule has 2 heterocycles. The number of urea groups is 1. The van der Waals surface area contributed by atoms with Crippen molar-refractivity contribution in [3.8, 4) is 0 Å². The molecule has 1 fully saturated rings. The van der Waals surface area contributed by atoms with Gasteiger partial charge in [0.15, 0.2) is 5.78 Å². The zero-order chi connectivity index (χ0) is 27.0. The number of ketones is 1. The van der Waals surface area contributed by atoms with E-state index in [-0.39, 0.29) is 18.4 Å². The minimum Gasteiger partial charge on any atom is -0.317 e. The third kappa shape index (κ3) is 5.05. The largest absolute Gasteiger partial charge is 0.416 e. The van der Waals surface area contributed by atoms with E-state index in [1.807, 2.05) is 37.3 Å². The summed E-state index contributed by atoms with van der Waals surface area (Å²) in [5.74, 6) is 0.387. The van der Waals surface area contributed by atoms with Gasteiger partial charge in [-0.3, -0.25) is 14.7 Å². The predicted molar refractivity (Wildman–Crippen MR) is 139 cm³/mol. The van der Waals surface area contributed by atoms with Crippen molar-refractivity contribution in [2.45, 2.75) is 38.0 Å². The minimum atomic E-state index is -4.47. The molecule has 3 aromatic rings. The highest BCUT2D eigenvalue weighted by atomic mass is 35.5. The van der Waals surface area contributed by atoms with Gasteiger partial charge in [-0.15, -0.1) is 0 Å². The highest BCUT2D eigenvalue weighted by Crippen LogP contribution is 2.45. The van der Waals surface area contributed by atoms with Crippen molar-refractivity contribution < 1.29 is 22.8 Å². The predicted octanol–water partition coefficient (Wildman–Crippen LogP) is 7.00. The molecule has 196 valence electrons. The summed E-state index contributed by atoms with van der Waals surface area (Å²) >= 11 is 6.34. The van der Waals surface area contributed by atoms with E-state index in [9.17, 15) is 22.8 Å². The fourth-order valence-electron chi connectivity index (χ4n) is 5.07. The number of hydrogen-bond acceptors (Lipinski definition) is 3. The first-order chi connectivity index (χ1) is 18.1. The van der Waals surface area contributed by atoms with E-state index < -0.39 is 23.8 Å². The van der Waals surface area contributed by atoms with E-state index in [1.165, 1.54) is 17.0 Å². The summed E-state index contributed by atoms with van der Waals surface area (Å²) in [6, 6.07) is 17.6. The van der Waals surface area contributed by atoms with Gasteiger partial charge in [0.05, 0.1) is 18.2 Å². The monoisotopic (exact) mass is 539 g/mol. The Morgan fingerprint density at radius 2 is 1.74 bits per heavy atom. The van der Waals surface area contributed by atoms with Crippen LogP contribution in [0.3, 0.4) is 0 Å². The Balaban J connectivity index is 1.67. The van der Waals surface area contributed by atoms with Gasteiger partial charge in [-0.05, 0) is 54.3 Å². The van der Waals surface area contributed by atoms with Crippen molar-refractivity contribution in [3.05, 3.63) is 106 Å². The Kier molecular flexibility index (Phi) is 7.01. The van der Waals surface area contributed by atoms with Crippen LogP contribution >= 0.6 is 11.6 Å². The smallest absolute Gasteiger partial charge is 0.317 e. The van der Waals surface area contributed by atoms with Crippen molar-refractivity contribution in [1.82, 2.24) is 9.80 Å². The van der Waals surface area contributed by atoms with Crippen LogP contribution in [0.15, 0.2) is 77.8 Å². The molecule has 9 heteroatoms. The second kappa shape index (κ2) is 10.3. The lowest BCUT2D eigenvalue weighted by molar-refractivity contribution is -0.137. The number of amides is 2. The summed E-state index contributed by atoms with van der Waals surface area (Å²) in [6.07, 6.45) is -3.48. The second-order valence-corrected chi connectivity index (χ2v) is 9.98. The number of Topliss-reactive ketones (excluding diaryl/α,β-unsaturated/α-hetero) is 1. The molecule has 3 aromatic carbocycles. The third-order valence-electron chi connectivity index (χ3n) is 6.95. The van der Waals surface area contributed by atoms with Crippen molar-refractivity contribution >= 4 is 29.3 Å². The van der Waals surface area contributed by atoms with Gasteiger partial charge < -0.3 is 4.90 Å². The summed E-state index contributed by atoms with van der Waals surface area (Å²) in [7, 11) is 0. The van der Waals surface area contributed by atoms with Gasteiger partial charge in [-0.2, -0.15) is 13.2 Å². The maximum atomic E-state index is 14.1. The Bertz CT molecular complexity index is 1400. The molecule has 0 bridgehead atoms. The average molecular weight is 540 g/mol. The van der Waals surface area contributed by atoms with Crippen LogP contribution in [0.25, 0.3) is 0 Å². The molecule has 0 N–H and O–H groups in total. The van der Waals surface area contributed by atoms with Crippen LogP contribution < -0.4 is 0 Å². The molecule has 5 nitrogen and oxygen atoms in total. The molecule has 2 amide bonds. The van der Waals surface area contributed by atoms with Gasteiger partial charge in [0.25, 0.3) is 0 Å². The van der Waals surface area contributed by atoms with Crippen LogP contribution in [-0.4, -0.2) is 40.5 Å². The lowest BCUT2D eigenvalue weighted by Crippen LogP contribution is -2.50. The SMILES string of the molecule is Cc1ccccc1C1=NC(c2ccc(C(F)(F)F)cc2)C(c2cccc(Cl)c2)N1C(=O)N1CCCC(=O)C1. The van der Waals surface area contributed by atoms with Crippen LogP contribution in [0.1, 0.15) is 52.7 Å².